The molecular weight excluding hydrogens is 320 g/mol. The maximum atomic E-state index is 10.2. The van der Waals surface area contributed by atoms with E-state index in [9.17, 15) is 25.5 Å². The number of hydrogen-bond acceptors (Lipinski definition) is 11. The van der Waals surface area contributed by atoms with Crippen molar-refractivity contribution in [3.05, 3.63) is 0 Å². The molecule has 6 N–H and O–H groups in total. The summed E-state index contributed by atoms with van der Waals surface area (Å²) >= 11 is 0. The lowest BCUT2D eigenvalue weighted by Gasteiger charge is -2.49. The van der Waals surface area contributed by atoms with E-state index in [-0.39, 0.29) is 0 Å². The number of aliphatic hydroxyl groups is 6. The largest absolute Gasteiger partial charge is 0.394 e. The molecule has 11 heteroatoms. The van der Waals surface area contributed by atoms with E-state index in [1.165, 1.54) is 0 Å². The van der Waals surface area contributed by atoms with Crippen LogP contribution in [-0.4, -0.2) is 105 Å². The number of aliphatic hydroxyl groups excluding tert-OH is 6. The molecule has 0 unspecified atom stereocenters. The Bertz CT molecular complexity index is 404. The zero-order valence-electron chi connectivity index (χ0n) is 11.9. The van der Waals surface area contributed by atoms with Gasteiger partial charge in [-0.1, -0.05) is 0 Å². The average molecular weight is 340 g/mol. The summed E-state index contributed by atoms with van der Waals surface area (Å²) < 4.78 is 16.0. The van der Waals surface area contributed by atoms with Gasteiger partial charge in [0, 0.05) is 0 Å². The first-order valence-corrected chi connectivity index (χ1v) is 7.20. The highest BCUT2D eigenvalue weighted by molar-refractivity contribution is 4.95. The van der Waals surface area contributed by atoms with E-state index in [1.54, 1.807) is 0 Å². The van der Waals surface area contributed by atoms with E-state index in [1.807, 2.05) is 0 Å². The number of fused-ring (bicyclic) bond motifs is 1. The summed E-state index contributed by atoms with van der Waals surface area (Å²) in [6, 6.07) is 0. The maximum absolute atomic E-state index is 10.2. The molecule has 23 heavy (non-hydrogen) atoms. The van der Waals surface area contributed by atoms with Crippen LogP contribution in [0.1, 0.15) is 0 Å². The van der Waals surface area contributed by atoms with Crippen LogP contribution in [-0.2, 0) is 24.0 Å². The molecule has 3 fully saturated rings. The van der Waals surface area contributed by atoms with Gasteiger partial charge in [-0.3, -0.25) is 0 Å². The Morgan fingerprint density at radius 1 is 0.739 bits per heavy atom. The van der Waals surface area contributed by atoms with E-state index in [0.717, 1.165) is 0 Å². The lowest BCUT2D eigenvalue weighted by molar-refractivity contribution is -0.555. The number of ether oxygens (including phenoxy) is 3. The summed E-state index contributed by atoms with van der Waals surface area (Å²) in [6.45, 7) is -1.12. The molecule has 3 heterocycles. The molecule has 0 aromatic rings. The van der Waals surface area contributed by atoms with Gasteiger partial charge in [-0.15, -0.1) is 0 Å². The van der Waals surface area contributed by atoms with Gasteiger partial charge in [0.25, 0.3) is 0 Å². The number of rotatable bonds is 4. The van der Waals surface area contributed by atoms with Crippen molar-refractivity contribution in [3.63, 3.8) is 0 Å². The fraction of sp³-hybridized carbons (Fsp3) is 1.00. The van der Waals surface area contributed by atoms with E-state index in [0.29, 0.717) is 0 Å². The summed E-state index contributed by atoms with van der Waals surface area (Å²) in [5.74, 6) is 0. The molecule has 3 saturated heterocycles. The average Bonchev–Trinajstić information content (AvgIpc) is 2.51. The van der Waals surface area contributed by atoms with Crippen LogP contribution in [0.15, 0.2) is 0 Å². The SMILES string of the molecule is OC[C@H]1O[C@@H](O[C@H]2[C@H](O)[C@H]3OO[C@H]3O[C@@H]2CO)[C@H](O)[C@@H](O)[C@@H]1O. The Labute approximate surface area is 130 Å². The Hall–Kier alpha value is -0.440. The smallest absolute Gasteiger partial charge is 0.224 e. The monoisotopic (exact) mass is 340 g/mol. The molecule has 134 valence electrons. The van der Waals surface area contributed by atoms with Crippen LogP contribution in [0, 0.1) is 0 Å². The molecular formula is C12H20O11. The quantitative estimate of drug-likeness (QED) is 0.273. The molecule has 0 radical (unpaired) electrons. The van der Waals surface area contributed by atoms with Gasteiger partial charge < -0.3 is 44.8 Å². The normalized spacial score (nSPS) is 53.5. The lowest BCUT2D eigenvalue weighted by atomic mass is 9.96. The van der Waals surface area contributed by atoms with Crippen molar-refractivity contribution in [2.75, 3.05) is 13.2 Å². The summed E-state index contributed by atoms with van der Waals surface area (Å²) in [6.07, 6.45) is -12.4. The zero-order valence-corrected chi connectivity index (χ0v) is 11.9. The Morgan fingerprint density at radius 2 is 1.43 bits per heavy atom. The van der Waals surface area contributed by atoms with Crippen molar-refractivity contribution in [2.24, 2.45) is 0 Å². The van der Waals surface area contributed by atoms with E-state index in [2.05, 4.69) is 4.89 Å². The molecule has 0 aromatic heterocycles. The highest BCUT2D eigenvalue weighted by atomic mass is 17.3. The van der Waals surface area contributed by atoms with Gasteiger partial charge >= 0.3 is 0 Å². The molecule has 3 aliphatic heterocycles. The first kappa shape index (κ1) is 17.4. The predicted molar refractivity (Wildman–Crippen MR) is 66.4 cm³/mol. The summed E-state index contributed by atoms with van der Waals surface area (Å²) in [5, 5.41) is 58.1. The third-order valence-corrected chi connectivity index (χ3v) is 4.20. The second-order valence-electron chi connectivity index (χ2n) is 5.67. The third-order valence-electron chi connectivity index (χ3n) is 4.20. The Kier molecular flexibility index (Phi) is 5.15. The van der Waals surface area contributed by atoms with E-state index < -0.39 is 74.6 Å². The Morgan fingerprint density at radius 3 is 2.00 bits per heavy atom. The second kappa shape index (κ2) is 6.82. The summed E-state index contributed by atoms with van der Waals surface area (Å²) in [4.78, 5) is 9.32. The van der Waals surface area contributed by atoms with Gasteiger partial charge in [0.2, 0.25) is 6.29 Å². The topological polar surface area (TPSA) is 168 Å². The second-order valence-corrected chi connectivity index (χ2v) is 5.67. The van der Waals surface area contributed by atoms with Gasteiger partial charge in [0.05, 0.1) is 13.2 Å². The third kappa shape index (κ3) is 2.99. The minimum atomic E-state index is -1.63. The van der Waals surface area contributed by atoms with Crippen molar-refractivity contribution in [1.29, 1.82) is 0 Å². The molecule has 3 rings (SSSR count). The molecule has 0 spiro atoms. The van der Waals surface area contributed by atoms with E-state index >= 15 is 0 Å². The molecule has 0 aromatic carbocycles. The van der Waals surface area contributed by atoms with Gasteiger partial charge in [0.15, 0.2) is 12.4 Å². The number of hydrogen-bond donors (Lipinski definition) is 6. The standard InChI is InChI=1S/C12H20O11/c13-1-3-5(15)6(16)7(17)11(19-3)21-9-4(2-14)20-12-10(8(9)18)22-23-12/h3-18H,1-2H2/t3-,4-,5-,6+,7-,8+,9-,10-,11+,12-/m1/s1. The molecule has 0 amide bonds. The van der Waals surface area contributed by atoms with Crippen molar-refractivity contribution < 1.29 is 54.6 Å². The fourth-order valence-electron chi connectivity index (χ4n) is 2.79. The highest BCUT2D eigenvalue weighted by Crippen LogP contribution is 2.34. The molecule has 0 saturated carbocycles. The first-order chi connectivity index (χ1) is 11.0. The summed E-state index contributed by atoms with van der Waals surface area (Å²) in [5.41, 5.74) is 0. The zero-order chi connectivity index (χ0) is 16.7. The van der Waals surface area contributed by atoms with Crippen LogP contribution in [0.3, 0.4) is 0 Å². The van der Waals surface area contributed by atoms with Crippen LogP contribution < -0.4 is 0 Å². The van der Waals surface area contributed by atoms with Crippen LogP contribution in [0.25, 0.3) is 0 Å². The maximum Gasteiger partial charge on any atom is 0.224 e. The van der Waals surface area contributed by atoms with Gasteiger partial charge in [-0.2, -0.15) is 0 Å². The van der Waals surface area contributed by atoms with E-state index in [4.69, 9.17) is 24.2 Å². The van der Waals surface area contributed by atoms with Crippen molar-refractivity contribution in [3.8, 4) is 0 Å². The fourth-order valence-corrected chi connectivity index (χ4v) is 2.79. The van der Waals surface area contributed by atoms with Crippen LogP contribution in [0.5, 0.6) is 0 Å². The predicted octanol–water partition coefficient (Wildman–Crippen LogP) is -4.42. The summed E-state index contributed by atoms with van der Waals surface area (Å²) in [7, 11) is 0. The molecule has 11 nitrogen and oxygen atoms in total. The van der Waals surface area contributed by atoms with Crippen LogP contribution >= 0.6 is 0 Å². The minimum Gasteiger partial charge on any atom is -0.394 e. The molecule has 3 aliphatic rings. The van der Waals surface area contributed by atoms with Gasteiger partial charge in [-0.25, -0.2) is 9.78 Å². The minimum absolute atomic E-state index is 0.508. The highest BCUT2D eigenvalue weighted by Gasteiger charge is 2.55. The molecule has 0 aliphatic carbocycles. The lowest BCUT2D eigenvalue weighted by Crippen LogP contribution is -2.68. The van der Waals surface area contributed by atoms with Gasteiger partial charge in [0.1, 0.15) is 42.7 Å². The van der Waals surface area contributed by atoms with Crippen LogP contribution in [0.2, 0.25) is 0 Å². The van der Waals surface area contributed by atoms with Gasteiger partial charge in [-0.05, 0) is 0 Å². The van der Waals surface area contributed by atoms with Crippen molar-refractivity contribution in [2.45, 2.75) is 61.4 Å². The first-order valence-electron chi connectivity index (χ1n) is 7.20. The van der Waals surface area contributed by atoms with Crippen LogP contribution in [0.4, 0.5) is 0 Å². The molecule has 0 bridgehead atoms. The van der Waals surface area contributed by atoms with Crippen molar-refractivity contribution in [1.82, 2.24) is 0 Å². The Balaban J connectivity index is 1.71. The van der Waals surface area contributed by atoms with Crippen molar-refractivity contribution >= 4 is 0 Å². The molecule has 10 atom stereocenters.